The lowest BCUT2D eigenvalue weighted by Crippen LogP contribution is -2.30. The van der Waals surface area contributed by atoms with Crippen molar-refractivity contribution in [2.24, 2.45) is 0 Å². The SMILES string of the molecule is Cc1ccccc1CSCCNC(=O)COc1ccc(CN(C)S(C)(=O)=O)cc1. The molecule has 1 amide bonds. The Kier molecular flexibility index (Phi) is 9.00. The Bertz CT molecular complexity index is 899. The molecule has 1 N–H and O–H groups in total. The highest BCUT2D eigenvalue weighted by molar-refractivity contribution is 7.98. The third-order valence-electron chi connectivity index (χ3n) is 4.35. The Morgan fingerprint density at radius 1 is 1.14 bits per heavy atom. The molecule has 0 saturated carbocycles. The Morgan fingerprint density at radius 3 is 2.48 bits per heavy atom. The molecule has 158 valence electrons. The number of sulfonamides is 1. The van der Waals surface area contributed by atoms with Gasteiger partial charge in [-0.3, -0.25) is 4.79 Å². The van der Waals surface area contributed by atoms with E-state index in [1.807, 2.05) is 12.1 Å². The monoisotopic (exact) mass is 436 g/mol. The maximum Gasteiger partial charge on any atom is 0.257 e. The van der Waals surface area contributed by atoms with E-state index in [4.69, 9.17) is 4.74 Å². The second-order valence-electron chi connectivity index (χ2n) is 6.78. The summed E-state index contributed by atoms with van der Waals surface area (Å²) in [6.45, 7) is 2.94. The second-order valence-corrected chi connectivity index (χ2v) is 9.98. The van der Waals surface area contributed by atoms with Crippen molar-refractivity contribution in [3.05, 3.63) is 65.2 Å². The largest absolute Gasteiger partial charge is 0.484 e. The van der Waals surface area contributed by atoms with Gasteiger partial charge in [-0.25, -0.2) is 12.7 Å². The average molecular weight is 437 g/mol. The zero-order chi connectivity index (χ0) is 21.3. The van der Waals surface area contributed by atoms with E-state index in [1.54, 1.807) is 36.0 Å². The van der Waals surface area contributed by atoms with E-state index in [0.29, 0.717) is 18.8 Å². The lowest BCUT2D eigenvalue weighted by Gasteiger charge is -2.14. The van der Waals surface area contributed by atoms with Gasteiger partial charge in [0.15, 0.2) is 6.61 Å². The number of benzene rings is 2. The smallest absolute Gasteiger partial charge is 0.257 e. The highest BCUT2D eigenvalue weighted by Crippen LogP contribution is 2.16. The van der Waals surface area contributed by atoms with Gasteiger partial charge in [-0.05, 0) is 35.7 Å². The summed E-state index contributed by atoms with van der Waals surface area (Å²) in [5.41, 5.74) is 3.45. The number of amides is 1. The highest BCUT2D eigenvalue weighted by atomic mass is 32.2. The number of thioether (sulfide) groups is 1. The van der Waals surface area contributed by atoms with Crippen molar-refractivity contribution in [3.63, 3.8) is 0 Å². The molecular weight excluding hydrogens is 408 g/mol. The van der Waals surface area contributed by atoms with Crippen LogP contribution in [0.4, 0.5) is 0 Å². The number of nitrogens with one attached hydrogen (secondary N) is 1. The molecule has 0 bridgehead atoms. The molecule has 0 saturated heterocycles. The summed E-state index contributed by atoms with van der Waals surface area (Å²) in [5.74, 6) is 2.17. The molecule has 0 radical (unpaired) electrons. The van der Waals surface area contributed by atoms with Crippen LogP contribution in [0.3, 0.4) is 0 Å². The molecule has 0 aromatic heterocycles. The van der Waals surface area contributed by atoms with Crippen LogP contribution in [0.5, 0.6) is 5.75 Å². The van der Waals surface area contributed by atoms with E-state index in [2.05, 4.69) is 24.4 Å². The van der Waals surface area contributed by atoms with Gasteiger partial charge < -0.3 is 10.1 Å². The van der Waals surface area contributed by atoms with Crippen molar-refractivity contribution in [3.8, 4) is 5.75 Å². The number of hydrogen-bond acceptors (Lipinski definition) is 5. The van der Waals surface area contributed by atoms with Crippen LogP contribution >= 0.6 is 11.8 Å². The van der Waals surface area contributed by atoms with Crippen LogP contribution in [-0.4, -0.2) is 50.8 Å². The summed E-state index contributed by atoms with van der Waals surface area (Å²) >= 11 is 1.78. The van der Waals surface area contributed by atoms with Crippen LogP contribution in [0.15, 0.2) is 48.5 Å². The Balaban J connectivity index is 1.64. The number of ether oxygens (including phenoxy) is 1. The first-order valence-corrected chi connectivity index (χ1v) is 12.3. The van der Waals surface area contributed by atoms with Crippen molar-refractivity contribution in [2.45, 2.75) is 19.2 Å². The van der Waals surface area contributed by atoms with Crippen molar-refractivity contribution in [1.82, 2.24) is 9.62 Å². The van der Waals surface area contributed by atoms with Crippen LogP contribution < -0.4 is 10.1 Å². The molecule has 0 spiro atoms. The first-order chi connectivity index (χ1) is 13.8. The quantitative estimate of drug-likeness (QED) is 0.548. The van der Waals surface area contributed by atoms with Gasteiger partial charge in [0, 0.05) is 31.6 Å². The van der Waals surface area contributed by atoms with Gasteiger partial charge in [0.2, 0.25) is 10.0 Å². The van der Waals surface area contributed by atoms with E-state index >= 15 is 0 Å². The summed E-state index contributed by atoms with van der Waals surface area (Å²) in [6.07, 6.45) is 1.17. The van der Waals surface area contributed by atoms with Crippen molar-refractivity contribution in [1.29, 1.82) is 0 Å². The number of carbonyl (C=O) groups is 1. The minimum atomic E-state index is -3.22. The molecule has 0 aliphatic rings. The van der Waals surface area contributed by atoms with Gasteiger partial charge in [0.25, 0.3) is 5.91 Å². The minimum absolute atomic E-state index is 0.0505. The fourth-order valence-corrected chi connectivity index (χ4v) is 3.80. The van der Waals surface area contributed by atoms with Crippen LogP contribution in [0.25, 0.3) is 0 Å². The number of hydrogen-bond donors (Lipinski definition) is 1. The third-order valence-corrected chi connectivity index (χ3v) is 6.62. The van der Waals surface area contributed by atoms with E-state index in [-0.39, 0.29) is 12.5 Å². The molecule has 0 fully saturated rings. The summed E-state index contributed by atoms with van der Waals surface area (Å²) in [6, 6.07) is 15.3. The molecule has 0 atom stereocenters. The highest BCUT2D eigenvalue weighted by Gasteiger charge is 2.11. The maximum atomic E-state index is 11.9. The summed E-state index contributed by atoms with van der Waals surface area (Å²) < 4.78 is 29.7. The Hall–Kier alpha value is -2.03. The molecule has 0 heterocycles. The van der Waals surface area contributed by atoms with Crippen molar-refractivity contribution >= 4 is 27.7 Å². The molecule has 6 nitrogen and oxygen atoms in total. The molecule has 0 unspecified atom stereocenters. The maximum absolute atomic E-state index is 11.9. The van der Waals surface area contributed by atoms with E-state index in [0.717, 1.165) is 17.1 Å². The number of nitrogens with zero attached hydrogens (tertiary/aromatic N) is 1. The predicted octanol–water partition coefficient (Wildman–Crippen LogP) is 2.81. The lowest BCUT2D eigenvalue weighted by molar-refractivity contribution is -0.122. The fraction of sp³-hybridized carbons (Fsp3) is 0.381. The fourth-order valence-electron chi connectivity index (χ4n) is 2.48. The second kappa shape index (κ2) is 11.2. The van der Waals surface area contributed by atoms with Crippen LogP contribution in [0.2, 0.25) is 0 Å². The van der Waals surface area contributed by atoms with Gasteiger partial charge in [-0.2, -0.15) is 11.8 Å². The molecule has 29 heavy (non-hydrogen) atoms. The zero-order valence-corrected chi connectivity index (χ0v) is 18.7. The number of carbonyl (C=O) groups excluding carboxylic acids is 1. The lowest BCUT2D eigenvalue weighted by atomic mass is 10.1. The third kappa shape index (κ3) is 8.47. The average Bonchev–Trinajstić information content (AvgIpc) is 2.68. The summed E-state index contributed by atoms with van der Waals surface area (Å²) in [7, 11) is -1.69. The molecular formula is C21H28N2O4S2. The van der Waals surface area contributed by atoms with Crippen LogP contribution in [0.1, 0.15) is 16.7 Å². The number of rotatable bonds is 11. The van der Waals surface area contributed by atoms with Gasteiger partial charge in [-0.15, -0.1) is 0 Å². The van der Waals surface area contributed by atoms with Crippen molar-refractivity contribution < 1.29 is 17.9 Å². The number of aryl methyl sites for hydroxylation is 1. The van der Waals surface area contributed by atoms with Crippen molar-refractivity contribution in [2.75, 3.05) is 32.2 Å². The minimum Gasteiger partial charge on any atom is -0.484 e. The van der Waals surface area contributed by atoms with Gasteiger partial charge in [-0.1, -0.05) is 36.4 Å². The van der Waals surface area contributed by atoms with Crippen LogP contribution in [-0.2, 0) is 27.1 Å². The predicted molar refractivity (Wildman–Crippen MR) is 119 cm³/mol. The van der Waals surface area contributed by atoms with Gasteiger partial charge in [0.1, 0.15) is 5.75 Å². The molecule has 2 aromatic carbocycles. The normalized spacial score (nSPS) is 11.4. The zero-order valence-electron chi connectivity index (χ0n) is 17.1. The van der Waals surface area contributed by atoms with Gasteiger partial charge >= 0.3 is 0 Å². The molecule has 2 aromatic rings. The summed E-state index contributed by atoms with van der Waals surface area (Å²) in [5, 5.41) is 2.85. The first kappa shape index (κ1) is 23.3. The molecule has 8 heteroatoms. The van der Waals surface area contributed by atoms with Gasteiger partial charge in [0.05, 0.1) is 6.26 Å². The van der Waals surface area contributed by atoms with Crippen LogP contribution in [0, 0.1) is 6.92 Å². The molecule has 2 rings (SSSR count). The molecule has 0 aliphatic heterocycles. The summed E-state index contributed by atoms with van der Waals surface area (Å²) in [4.78, 5) is 11.9. The van der Waals surface area contributed by atoms with E-state index in [9.17, 15) is 13.2 Å². The first-order valence-electron chi connectivity index (χ1n) is 9.27. The van der Waals surface area contributed by atoms with E-state index < -0.39 is 10.0 Å². The topological polar surface area (TPSA) is 75.7 Å². The molecule has 0 aliphatic carbocycles. The standard InChI is InChI=1S/C21H28N2O4S2/c1-17-6-4-5-7-19(17)16-28-13-12-22-21(24)15-27-20-10-8-18(9-11-20)14-23(2)29(3,25)26/h4-11H,12-16H2,1-3H3,(H,22,24). The Morgan fingerprint density at radius 2 is 1.83 bits per heavy atom. The van der Waals surface area contributed by atoms with E-state index in [1.165, 1.54) is 28.7 Å². The Labute approximate surface area is 177 Å².